The molecule has 0 spiro atoms. The van der Waals surface area contributed by atoms with Gasteiger partial charge in [0.15, 0.2) is 5.96 Å². The van der Waals surface area contributed by atoms with Crippen LogP contribution in [0.5, 0.6) is 0 Å². The van der Waals surface area contributed by atoms with Crippen LogP contribution in [0.2, 0.25) is 0 Å². The molecule has 0 saturated carbocycles. The van der Waals surface area contributed by atoms with E-state index >= 15 is 0 Å². The van der Waals surface area contributed by atoms with Gasteiger partial charge >= 0.3 is 0 Å². The molecule has 0 aliphatic rings. The molecule has 0 bridgehead atoms. The van der Waals surface area contributed by atoms with Gasteiger partial charge < -0.3 is 15.1 Å². The van der Waals surface area contributed by atoms with Gasteiger partial charge in [-0.3, -0.25) is 9.48 Å². The number of nitrogens with zero attached hydrogens (tertiary/aromatic N) is 5. The summed E-state index contributed by atoms with van der Waals surface area (Å²) in [6.07, 6.45) is 0. The highest BCUT2D eigenvalue weighted by Crippen LogP contribution is 2.13. The third-order valence-electron chi connectivity index (χ3n) is 4.23. The maximum absolute atomic E-state index is 12.3. The summed E-state index contributed by atoms with van der Waals surface area (Å²) in [4.78, 5) is 20.7. The molecule has 1 aromatic heterocycles. The van der Waals surface area contributed by atoms with E-state index < -0.39 is 0 Å². The van der Waals surface area contributed by atoms with Crippen LogP contribution in [0.1, 0.15) is 37.7 Å². The number of carbonyl (C=O) groups excluding carboxylic acids is 1. The Morgan fingerprint density at radius 1 is 1.24 bits per heavy atom. The molecule has 0 saturated heterocycles. The predicted octanol–water partition coefficient (Wildman–Crippen LogP) is 1.92. The minimum Gasteiger partial charge on any atom is -0.357 e. The maximum atomic E-state index is 12.3. The van der Waals surface area contributed by atoms with Crippen LogP contribution in [-0.2, 0) is 18.4 Å². The number of nitrogens with one attached hydrogen (secondary N) is 1. The summed E-state index contributed by atoms with van der Waals surface area (Å²) in [6.45, 7) is 13.1. The number of aliphatic imine (C=N–C) groups is 1. The minimum absolute atomic E-state index is 0. The predicted molar refractivity (Wildman–Crippen MR) is 113 cm³/mol. The Bertz CT molecular complexity index is 580. The first-order valence-electron chi connectivity index (χ1n) is 8.61. The van der Waals surface area contributed by atoms with Crippen LogP contribution in [0.4, 0.5) is 0 Å². The average Bonchev–Trinajstić information content (AvgIpc) is 2.77. The number of aryl methyl sites for hydroxylation is 2. The number of hydrogen-bond acceptors (Lipinski definition) is 3. The molecule has 25 heavy (non-hydrogen) atoms. The van der Waals surface area contributed by atoms with E-state index in [1.165, 1.54) is 0 Å². The van der Waals surface area contributed by atoms with Gasteiger partial charge in [-0.2, -0.15) is 5.10 Å². The summed E-state index contributed by atoms with van der Waals surface area (Å²) < 4.78 is 1.88. The van der Waals surface area contributed by atoms with Gasteiger partial charge in [0.1, 0.15) is 0 Å². The van der Waals surface area contributed by atoms with Crippen LogP contribution in [0.25, 0.3) is 0 Å². The van der Waals surface area contributed by atoms with E-state index in [4.69, 9.17) is 4.99 Å². The number of likely N-dealkylation sites (N-methyl/N-ethyl adjacent to an activating group) is 2. The Hall–Kier alpha value is -1.32. The Labute approximate surface area is 168 Å². The van der Waals surface area contributed by atoms with Crippen molar-refractivity contribution in [1.82, 2.24) is 24.9 Å². The van der Waals surface area contributed by atoms with Crippen molar-refractivity contribution in [1.29, 1.82) is 0 Å². The van der Waals surface area contributed by atoms with E-state index in [2.05, 4.69) is 10.4 Å². The van der Waals surface area contributed by atoms with Crippen molar-refractivity contribution in [2.75, 3.05) is 33.2 Å². The van der Waals surface area contributed by atoms with Crippen molar-refractivity contribution < 1.29 is 4.79 Å². The summed E-state index contributed by atoms with van der Waals surface area (Å²) in [5.74, 6) is 0.850. The lowest BCUT2D eigenvalue weighted by Crippen LogP contribution is -2.45. The van der Waals surface area contributed by atoms with E-state index in [1.807, 2.05) is 63.2 Å². The first kappa shape index (κ1) is 23.7. The number of aromatic nitrogens is 2. The van der Waals surface area contributed by atoms with Crippen LogP contribution in [-0.4, -0.2) is 64.7 Å². The van der Waals surface area contributed by atoms with Crippen LogP contribution in [0.15, 0.2) is 4.99 Å². The van der Waals surface area contributed by atoms with E-state index in [0.717, 1.165) is 42.5 Å². The third-order valence-corrected chi connectivity index (χ3v) is 4.23. The molecule has 0 radical (unpaired) electrons. The molecule has 0 unspecified atom stereocenters. The normalized spacial score (nSPS) is 11.1. The molecule has 8 heteroatoms. The van der Waals surface area contributed by atoms with Gasteiger partial charge in [0.05, 0.1) is 18.8 Å². The third kappa shape index (κ3) is 6.48. The molecule has 1 heterocycles. The van der Waals surface area contributed by atoms with Gasteiger partial charge in [0.2, 0.25) is 5.91 Å². The van der Waals surface area contributed by atoms with Crippen molar-refractivity contribution >= 4 is 35.8 Å². The number of rotatable bonds is 7. The smallest absolute Gasteiger partial charge is 0.242 e. The second kappa shape index (κ2) is 11.3. The Morgan fingerprint density at radius 2 is 1.84 bits per heavy atom. The lowest BCUT2D eigenvalue weighted by molar-refractivity contribution is -0.131. The Kier molecular flexibility index (Phi) is 10.7. The Morgan fingerprint density at radius 3 is 2.28 bits per heavy atom. The molecule has 1 rings (SSSR count). The number of hydrogen-bond donors (Lipinski definition) is 1. The largest absolute Gasteiger partial charge is 0.357 e. The number of guanidine groups is 1. The van der Waals surface area contributed by atoms with E-state index in [9.17, 15) is 4.79 Å². The van der Waals surface area contributed by atoms with Crippen molar-refractivity contribution in [3.63, 3.8) is 0 Å². The summed E-state index contributed by atoms with van der Waals surface area (Å²) in [7, 11) is 3.83. The molecule has 0 aliphatic carbocycles. The summed E-state index contributed by atoms with van der Waals surface area (Å²) >= 11 is 0. The van der Waals surface area contributed by atoms with E-state index in [-0.39, 0.29) is 29.9 Å². The zero-order valence-electron chi connectivity index (χ0n) is 16.6. The Balaban J connectivity index is 0.00000576. The number of halogens is 1. The van der Waals surface area contributed by atoms with Gasteiger partial charge in [-0.1, -0.05) is 0 Å². The average molecular weight is 464 g/mol. The van der Waals surface area contributed by atoms with Gasteiger partial charge in [0.25, 0.3) is 0 Å². The first-order valence-corrected chi connectivity index (χ1v) is 8.61. The first-order chi connectivity index (χ1) is 11.3. The standard InChI is InChI=1S/C17H32N6O.HI/c1-8-18-17(21(6)12-16(24)23(9-2)10-3)19-11-15-13(4)20-22(7)14(15)5;/h8-12H2,1-7H3,(H,18,19);1H. The molecule has 0 fully saturated rings. The fourth-order valence-electron chi connectivity index (χ4n) is 2.62. The fraction of sp³-hybridized carbons (Fsp3) is 0.706. The highest BCUT2D eigenvalue weighted by molar-refractivity contribution is 14.0. The lowest BCUT2D eigenvalue weighted by Gasteiger charge is -2.25. The van der Waals surface area contributed by atoms with Crippen LogP contribution >= 0.6 is 24.0 Å². The second-order valence-electron chi connectivity index (χ2n) is 5.87. The highest BCUT2D eigenvalue weighted by atomic mass is 127. The van der Waals surface area contributed by atoms with Crippen LogP contribution < -0.4 is 5.32 Å². The van der Waals surface area contributed by atoms with Crippen molar-refractivity contribution in [3.8, 4) is 0 Å². The molecule has 0 aliphatic heterocycles. The molecule has 0 aromatic carbocycles. The van der Waals surface area contributed by atoms with Gasteiger partial charge in [-0.25, -0.2) is 4.99 Å². The summed E-state index contributed by atoms with van der Waals surface area (Å²) in [6, 6.07) is 0. The van der Waals surface area contributed by atoms with Gasteiger partial charge in [-0.15, -0.1) is 24.0 Å². The second-order valence-corrected chi connectivity index (χ2v) is 5.87. The minimum atomic E-state index is 0. The van der Waals surface area contributed by atoms with Gasteiger partial charge in [-0.05, 0) is 34.6 Å². The monoisotopic (exact) mass is 464 g/mol. The molecular weight excluding hydrogens is 431 g/mol. The van der Waals surface area contributed by atoms with E-state index in [1.54, 1.807) is 0 Å². The fourth-order valence-corrected chi connectivity index (χ4v) is 2.62. The molecule has 7 nitrogen and oxygen atoms in total. The van der Waals surface area contributed by atoms with Crippen molar-refractivity contribution in [2.24, 2.45) is 12.0 Å². The lowest BCUT2D eigenvalue weighted by atomic mass is 10.2. The number of carbonyl (C=O) groups is 1. The molecule has 1 aromatic rings. The van der Waals surface area contributed by atoms with E-state index in [0.29, 0.717) is 13.1 Å². The maximum Gasteiger partial charge on any atom is 0.242 e. The topological polar surface area (TPSA) is 65.8 Å². The molecule has 0 atom stereocenters. The number of amides is 1. The van der Waals surface area contributed by atoms with Crippen LogP contribution in [0.3, 0.4) is 0 Å². The van der Waals surface area contributed by atoms with Crippen LogP contribution in [0, 0.1) is 13.8 Å². The SMILES string of the molecule is CCNC(=NCc1c(C)nn(C)c1C)N(C)CC(=O)N(CC)CC.I. The van der Waals surface area contributed by atoms with Gasteiger partial charge in [0, 0.05) is 45.0 Å². The van der Waals surface area contributed by atoms with Crippen molar-refractivity contribution in [3.05, 3.63) is 17.0 Å². The zero-order chi connectivity index (χ0) is 18.3. The summed E-state index contributed by atoms with van der Waals surface area (Å²) in [5, 5.41) is 7.68. The summed E-state index contributed by atoms with van der Waals surface area (Å²) in [5.41, 5.74) is 3.25. The molecule has 1 N–H and O–H groups in total. The van der Waals surface area contributed by atoms with Crippen molar-refractivity contribution in [2.45, 2.75) is 41.2 Å². The molecule has 144 valence electrons. The molecular formula is C17H33IN6O. The quantitative estimate of drug-likeness (QED) is 0.381. The highest BCUT2D eigenvalue weighted by Gasteiger charge is 2.15. The molecule has 1 amide bonds. The zero-order valence-corrected chi connectivity index (χ0v) is 18.9.